The van der Waals surface area contributed by atoms with E-state index in [1.54, 1.807) is 0 Å². The Balaban J connectivity index is 2.98. The Morgan fingerprint density at radius 1 is 1.57 bits per heavy atom. The van der Waals surface area contributed by atoms with Crippen LogP contribution in [-0.4, -0.2) is 8.42 Å². The van der Waals surface area contributed by atoms with E-state index in [-0.39, 0.29) is 0 Å². The molecule has 0 aliphatic rings. The molecule has 0 bridgehead atoms. The second-order valence-corrected chi connectivity index (χ2v) is 2.19. The van der Waals surface area contributed by atoms with Gasteiger partial charge in [-0.2, -0.15) is 0 Å². The summed E-state index contributed by atoms with van der Waals surface area (Å²) in [5.74, 6) is 1.30. The third-order valence-corrected chi connectivity index (χ3v) is 1.12. The Morgan fingerprint density at radius 3 is 2.29 bits per heavy atom. The molecule has 3 heteroatoms. The lowest BCUT2D eigenvalue weighted by molar-refractivity contribution is 0.617. The molecule has 0 spiro atoms. The first-order valence-corrected chi connectivity index (χ1v) is 3.49. The van der Waals surface area contributed by atoms with Gasteiger partial charge in [0.2, 0.25) is 0 Å². The van der Waals surface area contributed by atoms with Crippen molar-refractivity contribution in [2.45, 2.75) is 19.8 Å². The van der Waals surface area contributed by atoms with E-state index in [1.807, 2.05) is 6.92 Å². The molecule has 0 aromatic heterocycles. The van der Waals surface area contributed by atoms with E-state index < -0.39 is 10.7 Å². The number of hydrogen-bond donors (Lipinski definition) is 1. The van der Waals surface area contributed by atoms with Gasteiger partial charge in [-0.3, -0.25) is 0 Å². The van der Waals surface area contributed by atoms with Crippen LogP contribution in [0, 0.1) is 5.75 Å². The van der Waals surface area contributed by atoms with Crippen LogP contribution in [0.5, 0.6) is 0 Å². The zero-order valence-electron chi connectivity index (χ0n) is 4.26. The summed E-state index contributed by atoms with van der Waals surface area (Å²) in [7, 11) is -2.23. The molecule has 0 unspecified atom stereocenters. The van der Waals surface area contributed by atoms with Crippen molar-refractivity contribution < 1.29 is 8.42 Å². The third-order valence-electron chi connectivity index (χ3n) is 0.567. The van der Waals surface area contributed by atoms with E-state index in [0.717, 1.165) is 6.42 Å². The molecule has 2 nitrogen and oxygen atoms in total. The highest BCUT2D eigenvalue weighted by molar-refractivity contribution is 7.74. The van der Waals surface area contributed by atoms with Crippen LogP contribution in [0.2, 0.25) is 0 Å². The van der Waals surface area contributed by atoms with E-state index >= 15 is 0 Å². The van der Waals surface area contributed by atoms with Crippen LogP contribution in [0.1, 0.15) is 19.8 Å². The van der Waals surface area contributed by atoms with Crippen LogP contribution in [0.4, 0.5) is 0 Å². The SMILES string of the molecule is CCC[CH][SH](=O)=O. The third kappa shape index (κ3) is 5.95. The molecule has 0 aromatic carbocycles. The van der Waals surface area contributed by atoms with E-state index in [4.69, 9.17) is 0 Å². The molecule has 0 saturated carbocycles. The van der Waals surface area contributed by atoms with Crippen molar-refractivity contribution in [3.63, 3.8) is 0 Å². The second kappa shape index (κ2) is 4.12. The Kier molecular flexibility index (Phi) is 4.09. The molecule has 0 saturated heterocycles. The molecular weight excluding hydrogens is 112 g/mol. The first kappa shape index (κ1) is 6.95. The van der Waals surface area contributed by atoms with Gasteiger partial charge >= 0.3 is 0 Å². The molecule has 0 atom stereocenters. The first-order valence-electron chi connectivity index (χ1n) is 2.24. The number of hydrogen-bond acceptors (Lipinski definition) is 2. The van der Waals surface area contributed by atoms with Crippen LogP contribution in [0.3, 0.4) is 0 Å². The van der Waals surface area contributed by atoms with Crippen molar-refractivity contribution in [2.24, 2.45) is 0 Å². The van der Waals surface area contributed by atoms with Gasteiger partial charge in [0.15, 0.2) is 0 Å². The fourth-order valence-electron chi connectivity index (χ4n) is 0.235. The molecular formula is C4H9O2S. The quantitative estimate of drug-likeness (QED) is 0.553. The van der Waals surface area contributed by atoms with Gasteiger partial charge in [0, 0.05) is 0 Å². The highest BCUT2D eigenvalue weighted by atomic mass is 32.2. The van der Waals surface area contributed by atoms with Gasteiger partial charge < -0.3 is 0 Å². The summed E-state index contributed by atoms with van der Waals surface area (Å²) in [5, 5.41) is 0. The summed E-state index contributed by atoms with van der Waals surface area (Å²) < 4.78 is 19.5. The molecule has 0 heterocycles. The lowest BCUT2D eigenvalue weighted by Gasteiger charge is -1.80. The van der Waals surface area contributed by atoms with Crippen molar-refractivity contribution in [2.75, 3.05) is 0 Å². The standard InChI is InChI=1S/C4H9O2S/c1-2-3-4-7(5)6/h4,7H,2-3H2,1H3. The lowest BCUT2D eigenvalue weighted by atomic mass is 10.4. The fraction of sp³-hybridized carbons (Fsp3) is 0.750. The van der Waals surface area contributed by atoms with Crippen LogP contribution in [0.15, 0.2) is 0 Å². The Bertz CT molecular complexity index is 87.9. The second-order valence-electron chi connectivity index (χ2n) is 1.26. The molecule has 1 radical (unpaired) electrons. The highest BCUT2D eigenvalue weighted by Gasteiger charge is 1.82. The van der Waals surface area contributed by atoms with Gasteiger partial charge in [0.25, 0.3) is 0 Å². The summed E-state index contributed by atoms with van der Waals surface area (Å²) in [6.07, 6.45) is 1.59. The van der Waals surface area contributed by atoms with Crippen LogP contribution >= 0.6 is 0 Å². The summed E-state index contributed by atoms with van der Waals surface area (Å²) in [6.45, 7) is 1.94. The number of rotatable bonds is 3. The average molecular weight is 121 g/mol. The van der Waals surface area contributed by atoms with Gasteiger partial charge in [-0.1, -0.05) is 13.3 Å². The number of thiol groups is 1. The minimum atomic E-state index is -2.23. The summed E-state index contributed by atoms with van der Waals surface area (Å²) in [6, 6.07) is 0. The maximum atomic E-state index is 9.74. The van der Waals surface area contributed by atoms with Gasteiger partial charge in [-0.05, 0) is 6.42 Å². The molecule has 0 aliphatic heterocycles. The highest BCUT2D eigenvalue weighted by Crippen LogP contribution is 1.89. The molecule has 0 rings (SSSR count). The van der Waals surface area contributed by atoms with E-state index in [1.165, 1.54) is 5.75 Å². The summed E-state index contributed by atoms with van der Waals surface area (Å²) in [5.41, 5.74) is 0. The monoisotopic (exact) mass is 121 g/mol. The first-order chi connectivity index (χ1) is 3.27. The largest absolute Gasteiger partial charge is 0.232 e. The minimum Gasteiger partial charge on any atom is -0.232 e. The fourth-order valence-corrected chi connectivity index (χ4v) is 0.704. The predicted octanol–water partition coefficient (Wildman–Crippen LogP) is 0.560. The van der Waals surface area contributed by atoms with Crippen molar-refractivity contribution in [1.29, 1.82) is 0 Å². The van der Waals surface area contributed by atoms with Gasteiger partial charge in [-0.25, -0.2) is 8.42 Å². The van der Waals surface area contributed by atoms with E-state index in [0.29, 0.717) is 6.42 Å². The van der Waals surface area contributed by atoms with Crippen LogP contribution in [0.25, 0.3) is 0 Å². The molecule has 43 valence electrons. The summed E-state index contributed by atoms with van der Waals surface area (Å²) in [4.78, 5) is 0. The minimum absolute atomic E-state index is 0.679. The summed E-state index contributed by atoms with van der Waals surface area (Å²) >= 11 is 0. The van der Waals surface area contributed by atoms with E-state index in [2.05, 4.69) is 0 Å². The molecule has 0 fully saturated rings. The van der Waals surface area contributed by atoms with Crippen molar-refractivity contribution in [3.05, 3.63) is 5.75 Å². The molecule has 0 aliphatic carbocycles. The Labute approximate surface area is 45.5 Å². The van der Waals surface area contributed by atoms with E-state index in [9.17, 15) is 8.42 Å². The zero-order chi connectivity index (χ0) is 5.70. The normalized spacial score (nSPS) is 10.0. The topological polar surface area (TPSA) is 34.1 Å². The Hall–Kier alpha value is -0.0500. The smallest absolute Gasteiger partial charge is 0.144 e. The van der Waals surface area contributed by atoms with Gasteiger partial charge in [0.1, 0.15) is 10.7 Å². The molecule has 0 N–H and O–H groups in total. The average Bonchev–Trinajstić information content (AvgIpc) is 1.61. The van der Waals surface area contributed by atoms with Crippen LogP contribution in [-0.2, 0) is 10.7 Å². The van der Waals surface area contributed by atoms with Gasteiger partial charge in [-0.15, -0.1) is 0 Å². The number of unbranched alkanes of at least 4 members (excludes halogenated alkanes) is 1. The van der Waals surface area contributed by atoms with Crippen LogP contribution < -0.4 is 0 Å². The zero-order valence-corrected chi connectivity index (χ0v) is 5.15. The molecule has 7 heavy (non-hydrogen) atoms. The molecule has 0 aromatic rings. The molecule has 0 amide bonds. The van der Waals surface area contributed by atoms with Crippen molar-refractivity contribution in [3.8, 4) is 0 Å². The Morgan fingerprint density at radius 2 is 2.14 bits per heavy atom. The maximum absolute atomic E-state index is 9.74. The van der Waals surface area contributed by atoms with Crippen molar-refractivity contribution >= 4 is 10.7 Å². The van der Waals surface area contributed by atoms with Crippen molar-refractivity contribution in [1.82, 2.24) is 0 Å². The van der Waals surface area contributed by atoms with Gasteiger partial charge in [0.05, 0.1) is 5.75 Å². The predicted molar refractivity (Wildman–Crippen MR) is 29.5 cm³/mol. The lowest BCUT2D eigenvalue weighted by Crippen LogP contribution is -1.75. The maximum Gasteiger partial charge on any atom is 0.144 e.